The maximum Gasteiger partial charge on any atom is 0.0962 e. The van der Waals surface area contributed by atoms with Crippen LogP contribution in [0.2, 0.25) is 0 Å². The lowest BCUT2D eigenvalue weighted by Gasteiger charge is -2.67. The summed E-state index contributed by atoms with van der Waals surface area (Å²) < 4.78 is 0. The van der Waals surface area contributed by atoms with E-state index in [1.807, 2.05) is 0 Å². The van der Waals surface area contributed by atoms with Gasteiger partial charge in [-0.2, -0.15) is 0 Å². The van der Waals surface area contributed by atoms with Crippen LogP contribution in [0.25, 0.3) is 0 Å². The minimum atomic E-state index is 0.385. The zero-order chi connectivity index (χ0) is 12.6. The summed E-state index contributed by atoms with van der Waals surface area (Å²) in [5.41, 5.74) is 1.55. The van der Waals surface area contributed by atoms with Gasteiger partial charge in [0.05, 0.1) is 5.84 Å². The fraction of sp³-hybridized carbons (Fsp3) is 0.938. The molecule has 5 rings (SSSR count). The average molecular weight is 246 g/mol. The Morgan fingerprint density at radius 1 is 1.06 bits per heavy atom. The molecule has 2 nitrogen and oxygen atoms in total. The molecule has 0 amide bonds. The Morgan fingerprint density at radius 2 is 1.72 bits per heavy atom. The second-order valence-corrected chi connectivity index (χ2v) is 8.56. The summed E-state index contributed by atoms with van der Waals surface area (Å²) in [6, 6.07) is 0. The summed E-state index contributed by atoms with van der Waals surface area (Å²) in [4.78, 5) is 2.54. The first-order valence-corrected chi connectivity index (χ1v) is 7.77. The third-order valence-corrected chi connectivity index (χ3v) is 6.29. The molecule has 1 aliphatic heterocycles. The van der Waals surface area contributed by atoms with Crippen LogP contribution >= 0.6 is 0 Å². The molecule has 0 spiro atoms. The van der Waals surface area contributed by atoms with E-state index in [1.54, 1.807) is 0 Å². The lowest BCUT2D eigenvalue weighted by atomic mass is 9.42. The summed E-state index contributed by atoms with van der Waals surface area (Å²) in [5, 5.41) is 8.29. The highest BCUT2D eigenvalue weighted by Crippen LogP contribution is 2.67. The number of hydrogen-bond acceptors (Lipinski definition) is 1. The molecule has 2 atom stereocenters. The molecular formula is C16H26N2. The first-order valence-electron chi connectivity index (χ1n) is 7.77. The van der Waals surface area contributed by atoms with Crippen molar-refractivity contribution in [3.63, 3.8) is 0 Å². The van der Waals surface area contributed by atoms with Gasteiger partial charge in [-0.25, -0.2) is 0 Å². The second-order valence-electron chi connectivity index (χ2n) is 8.56. The molecule has 5 fully saturated rings. The van der Waals surface area contributed by atoms with Gasteiger partial charge in [-0.1, -0.05) is 13.8 Å². The van der Waals surface area contributed by atoms with Gasteiger partial charge in [0.2, 0.25) is 0 Å². The number of likely N-dealkylation sites (tertiary alicyclic amines) is 1. The number of nitrogens with one attached hydrogen (secondary N) is 1. The summed E-state index contributed by atoms with van der Waals surface area (Å²) in [6.45, 7) is 6.23. The van der Waals surface area contributed by atoms with Crippen LogP contribution in [0.5, 0.6) is 0 Å². The van der Waals surface area contributed by atoms with Gasteiger partial charge in [-0.05, 0) is 61.7 Å². The van der Waals surface area contributed by atoms with Crippen molar-refractivity contribution in [2.75, 3.05) is 6.54 Å². The van der Waals surface area contributed by atoms with E-state index >= 15 is 0 Å². The monoisotopic (exact) mass is 246 g/mol. The number of amidine groups is 1. The molecule has 0 radical (unpaired) electrons. The van der Waals surface area contributed by atoms with Crippen molar-refractivity contribution >= 4 is 5.84 Å². The molecule has 100 valence electrons. The van der Waals surface area contributed by atoms with Gasteiger partial charge in [0.25, 0.3) is 0 Å². The zero-order valence-corrected chi connectivity index (χ0v) is 11.9. The predicted octanol–water partition coefficient (Wildman–Crippen LogP) is 3.81. The topological polar surface area (TPSA) is 27.1 Å². The fourth-order valence-corrected chi connectivity index (χ4v) is 6.89. The van der Waals surface area contributed by atoms with Gasteiger partial charge in [0.1, 0.15) is 0 Å². The smallest absolute Gasteiger partial charge is 0.0962 e. The zero-order valence-electron chi connectivity index (χ0n) is 11.9. The average Bonchev–Trinajstić information content (AvgIpc) is 2.58. The largest absolute Gasteiger partial charge is 0.355 e. The SMILES string of the molecule is CC12CC3CC(C)(C1)CC(N1CCCC1=N)(C3)C2. The van der Waals surface area contributed by atoms with E-state index in [2.05, 4.69) is 18.7 Å². The van der Waals surface area contributed by atoms with Crippen LogP contribution in [-0.4, -0.2) is 22.8 Å². The summed E-state index contributed by atoms with van der Waals surface area (Å²) in [6.07, 6.45) is 10.7. The number of nitrogens with zero attached hydrogens (tertiary/aromatic N) is 1. The molecule has 0 aromatic carbocycles. The van der Waals surface area contributed by atoms with Crippen LogP contribution < -0.4 is 0 Å². The van der Waals surface area contributed by atoms with Gasteiger partial charge >= 0.3 is 0 Å². The quantitative estimate of drug-likeness (QED) is 0.748. The van der Waals surface area contributed by atoms with E-state index in [4.69, 9.17) is 5.41 Å². The molecule has 0 aromatic heterocycles. The van der Waals surface area contributed by atoms with Gasteiger partial charge in [-0.3, -0.25) is 5.41 Å². The standard InChI is InChI=1S/C16H26N2/c1-14-6-12-7-15(2,9-14)11-16(8-12,10-14)18-5-3-4-13(18)17/h12,17H,3-11H2,1-2H3. The molecule has 0 aromatic rings. The Hall–Kier alpha value is -0.530. The third-order valence-electron chi connectivity index (χ3n) is 6.29. The fourth-order valence-electron chi connectivity index (χ4n) is 6.89. The molecule has 1 saturated heterocycles. The van der Waals surface area contributed by atoms with Crippen LogP contribution in [0.15, 0.2) is 0 Å². The Labute approximate surface area is 111 Å². The van der Waals surface area contributed by atoms with Gasteiger partial charge < -0.3 is 4.90 Å². The Morgan fingerprint density at radius 3 is 2.22 bits per heavy atom. The maximum absolute atomic E-state index is 8.29. The lowest BCUT2D eigenvalue weighted by molar-refractivity contribution is -0.143. The molecule has 4 saturated carbocycles. The summed E-state index contributed by atoms with van der Waals surface area (Å²) in [7, 11) is 0. The van der Waals surface area contributed by atoms with Crippen molar-refractivity contribution in [3.05, 3.63) is 0 Å². The van der Waals surface area contributed by atoms with E-state index < -0.39 is 0 Å². The van der Waals surface area contributed by atoms with Gasteiger partial charge in [0, 0.05) is 18.5 Å². The summed E-state index contributed by atoms with van der Waals surface area (Å²) in [5.74, 6) is 1.90. The predicted molar refractivity (Wildman–Crippen MR) is 73.8 cm³/mol. The Bertz CT molecular complexity index is 395. The first-order chi connectivity index (χ1) is 8.42. The molecule has 1 N–H and O–H groups in total. The van der Waals surface area contributed by atoms with Gasteiger partial charge in [-0.15, -0.1) is 0 Å². The van der Waals surface area contributed by atoms with Crippen molar-refractivity contribution in [2.24, 2.45) is 16.7 Å². The van der Waals surface area contributed by atoms with Crippen LogP contribution in [0.1, 0.15) is 65.2 Å². The molecule has 4 bridgehead atoms. The molecular weight excluding hydrogens is 220 g/mol. The molecule has 1 heterocycles. The number of hydrogen-bond donors (Lipinski definition) is 1. The van der Waals surface area contributed by atoms with Crippen LogP contribution in [0, 0.1) is 22.2 Å². The van der Waals surface area contributed by atoms with Crippen molar-refractivity contribution in [1.82, 2.24) is 4.90 Å². The van der Waals surface area contributed by atoms with E-state index in [-0.39, 0.29) is 0 Å². The highest BCUT2D eigenvalue weighted by molar-refractivity contribution is 5.82. The highest BCUT2D eigenvalue weighted by atomic mass is 15.3. The van der Waals surface area contributed by atoms with Crippen molar-refractivity contribution < 1.29 is 0 Å². The second kappa shape index (κ2) is 3.13. The maximum atomic E-state index is 8.29. The van der Waals surface area contributed by atoms with E-state index in [0.29, 0.717) is 16.4 Å². The van der Waals surface area contributed by atoms with Crippen molar-refractivity contribution in [2.45, 2.75) is 70.8 Å². The Balaban J connectivity index is 1.75. The highest BCUT2D eigenvalue weighted by Gasteiger charge is 2.62. The summed E-state index contributed by atoms with van der Waals surface area (Å²) >= 11 is 0. The van der Waals surface area contributed by atoms with Gasteiger partial charge in [0.15, 0.2) is 0 Å². The molecule has 5 aliphatic rings. The van der Waals surface area contributed by atoms with E-state index in [0.717, 1.165) is 24.7 Å². The van der Waals surface area contributed by atoms with Crippen LogP contribution in [0.4, 0.5) is 0 Å². The van der Waals surface area contributed by atoms with Crippen molar-refractivity contribution in [3.8, 4) is 0 Å². The van der Waals surface area contributed by atoms with Crippen LogP contribution in [0.3, 0.4) is 0 Å². The minimum Gasteiger partial charge on any atom is -0.355 e. The lowest BCUT2D eigenvalue weighted by Crippen LogP contribution is -2.65. The van der Waals surface area contributed by atoms with E-state index in [1.165, 1.54) is 44.9 Å². The molecule has 4 aliphatic carbocycles. The minimum absolute atomic E-state index is 0.385. The van der Waals surface area contributed by atoms with E-state index in [9.17, 15) is 0 Å². The third kappa shape index (κ3) is 1.38. The normalized spacial score (nSPS) is 54.4. The first kappa shape index (κ1) is 11.3. The Kier molecular flexibility index (Phi) is 1.97. The molecule has 2 unspecified atom stereocenters. The molecule has 2 heteroatoms. The van der Waals surface area contributed by atoms with Crippen LogP contribution in [-0.2, 0) is 0 Å². The van der Waals surface area contributed by atoms with Crippen molar-refractivity contribution in [1.29, 1.82) is 5.41 Å². The molecule has 18 heavy (non-hydrogen) atoms. The number of rotatable bonds is 1.